The van der Waals surface area contributed by atoms with Gasteiger partial charge in [0.15, 0.2) is 0 Å². The number of nitrogens with one attached hydrogen (secondary N) is 2. The van der Waals surface area contributed by atoms with E-state index >= 15 is 0 Å². The largest absolute Gasteiger partial charge is 0.377 e. The van der Waals surface area contributed by atoms with Crippen LogP contribution in [0.1, 0.15) is 31.2 Å². The molecule has 21 heavy (non-hydrogen) atoms. The fraction of sp³-hybridized carbons (Fsp3) is 0.588. The summed E-state index contributed by atoms with van der Waals surface area (Å²) in [7, 11) is 0. The number of piperidine rings is 1. The molecule has 1 aromatic carbocycles. The van der Waals surface area contributed by atoms with Gasteiger partial charge in [-0.2, -0.15) is 0 Å². The highest BCUT2D eigenvalue weighted by Crippen LogP contribution is 2.11. The van der Waals surface area contributed by atoms with Crippen molar-refractivity contribution in [2.45, 2.75) is 32.3 Å². The van der Waals surface area contributed by atoms with E-state index in [0.717, 1.165) is 51.9 Å². The number of carbonyl (C=O) groups excluding carboxylic acids is 1. The molecule has 0 aromatic heterocycles. The second kappa shape index (κ2) is 9.53. The molecule has 1 saturated heterocycles. The maximum atomic E-state index is 11.9. The van der Waals surface area contributed by atoms with Gasteiger partial charge in [-0.25, -0.2) is 0 Å². The van der Waals surface area contributed by atoms with Crippen molar-refractivity contribution >= 4 is 5.91 Å². The van der Waals surface area contributed by atoms with Gasteiger partial charge in [-0.3, -0.25) is 4.79 Å². The van der Waals surface area contributed by atoms with Gasteiger partial charge in [-0.15, -0.1) is 0 Å². The Bertz CT molecular complexity index is 403. The molecule has 116 valence electrons. The van der Waals surface area contributed by atoms with Crippen LogP contribution in [0.2, 0.25) is 0 Å². The van der Waals surface area contributed by atoms with Crippen molar-refractivity contribution in [3.63, 3.8) is 0 Å². The summed E-state index contributed by atoms with van der Waals surface area (Å²) in [5.74, 6) is 0.433. The molecule has 1 aliphatic rings. The fourth-order valence-electron chi connectivity index (χ4n) is 2.53. The first-order chi connectivity index (χ1) is 10.4. The average molecular weight is 290 g/mol. The van der Waals surface area contributed by atoms with Crippen LogP contribution in [0, 0.1) is 5.92 Å². The Morgan fingerprint density at radius 3 is 2.71 bits per heavy atom. The molecule has 0 bridgehead atoms. The number of hydrogen-bond donors (Lipinski definition) is 2. The number of benzene rings is 1. The van der Waals surface area contributed by atoms with Crippen LogP contribution in [0.5, 0.6) is 0 Å². The summed E-state index contributed by atoms with van der Waals surface area (Å²) in [6.07, 6.45) is 3.89. The predicted octanol–water partition coefficient (Wildman–Crippen LogP) is 2.10. The van der Waals surface area contributed by atoms with E-state index in [9.17, 15) is 4.79 Å². The van der Waals surface area contributed by atoms with E-state index in [1.54, 1.807) is 0 Å². The Morgan fingerprint density at radius 1 is 1.19 bits per heavy atom. The van der Waals surface area contributed by atoms with Gasteiger partial charge in [0.2, 0.25) is 5.91 Å². The number of unbranched alkanes of at least 4 members (excludes halogenated alkanes) is 1. The van der Waals surface area contributed by atoms with Crippen molar-refractivity contribution in [2.24, 2.45) is 5.92 Å². The lowest BCUT2D eigenvalue weighted by Gasteiger charge is -2.21. The molecule has 0 radical (unpaired) electrons. The average Bonchev–Trinajstić information content (AvgIpc) is 2.55. The highest BCUT2D eigenvalue weighted by Gasteiger charge is 2.19. The van der Waals surface area contributed by atoms with Gasteiger partial charge in [0.25, 0.3) is 0 Å². The summed E-state index contributed by atoms with van der Waals surface area (Å²) < 4.78 is 5.62. The number of amides is 1. The van der Waals surface area contributed by atoms with Crippen molar-refractivity contribution in [2.75, 3.05) is 26.2 Å². The van der Waals surface area contributed by atoms with Crippen LogP contribution in [-0.4, -0.2) is 32.1 Å². The summed E-state index contributed by atoms with van der Waals surface area (Å²) >= 11 is 0. The third-order valence-electron chi connectivity index (χ3n) is 3.84. The van der Waals surface area contributed by atoms with Crippen molar-refractivity contribution in [3.8, 4) is 0 Å². The van der Waals surface area contributed by atoms with Gasteiger partial charge in [0.05, 0.1) is 6.61 Å². The quantitative estimate of drug-likeness (QED) is 0.721. The molecule has 1 aliphatic heterocycles. The second-order valence-corrected chi connectivity index (χ2v) is 5.56. The van der Waals surface area contributed by atoms with Crippen LogP contribution in [0.25, 0.3) is 0 Å². The maximum absolute atomic E-state index is 11.9. The molecule has 2 N–H and O–H groups in total. The SMILES string of the molecule is O=C(NCCCCOCc1ccccc1)C1CCNCC1. The first-order valence-electron chi connectivity index (χ1n) is 7.96. The Kier molecular flexibility index (Phi) is 7.25. The van der Waals surface area contributed by atoms with E-state index in [0.29, 0.717) is 6.61 Å². The van der Waals surface area contributed by atoms with Gasteiger partial charge < -0.3 is 15.4 Å². The van der Waals surface area contributed by atoms with Crippen molar-refractivity contribution in [1.29, 1.82) is 0 Å². The third-order valence-corrected chi connectivity index (χ3v) is 3.84. The molecule has 4 heteroatoms. The first kappa shape index (κ1) is 16.0. The van der Waals surface area contributed by atoms with E-state index in [4.69, 9.17) is 4.74 Å². The molecule has 1 amide bonds. The molecule has 1 fully saturated rings. The Morgan fingerprint density at radius 2 is 1.95 bits per heavy atom. The van der Waals surface area contributed by atoms with E-state index in [2.05, 4.69) is 22.8 Å². The molecule has 1 aromatic rings. The Balaban J connectivity index is 1.45. The molecule has 1 heterocycles. The third kappa shape index (κ3) is 6.27. The minimum Gasteiger partial charge on any atom is -0.377 e. The van der Waals surface area contributed by atoms with E-state index in [1.165, 1.54) is 5.56 Å². The first-order valence-corrected chi connectivity index (χ1v) is 7.96. The van der Waals surface area contributed by atoms with Crippen LogP contribution in [-0.2, 0) is 16.1 Å². The highest BCUT2D eigenvalue weighted by molar-refractivity contribution is 5.78. The molecule has 2 rings (SSSR count). The minimum absolute atomic E-state index is 0.209. The van der Waals surface area contributed by atoms with Crippen LogP contribution < -0.4 is 10.6 Å². The molecule has 0 saturated carbocycles. The lowest BCUT2D eigenvalue weighted by molar-refractivity contribution is -0.125. The molecule has 0 unspecified atom stereocenters. The smallest absolute Gasteiger partial charge is 0.223 e. The van der Waals surface area contributed by atoms with Gasteiger partial charge in [-0.05, 0) is 44.3 Å². The summed E-state index contributed by atoms with van der Waals surface area (Å²) in [6, 6.07) is 10.2. The van der Waals surface area contributed by atoms with Crippen LogP contribution in [0.15, 0.2) is 30.3 Å². The minimum atomic E-state index is 0.209. The highest BCUT2D eigenvalue weighted by atomic mass is 16.5. The van der Waals surface area contributed by atoms with Crippen LogP contribution in [0.4, 0.5) is 0 Å². The zero-order chi connectivity index (χ0) is 14.8. The number of carbonyl (C=O) groups is 1. The van der Waals surface area contributed by atoms with Gasteiger partial charge in [0.1, 0.15) is 0 Å². The van der Waals surface area contributed by atoms with Crippen molar-refractivity contribution in [3.05, 3.63) is 35.9 Å². The monoisotopic (exact) mass is 290 g/mol. The van der Waals surface area contributed by atoms with Crippen LogP contribution in [0.3, 0.4) is 0 Å². The topological polar surface area (TPSA) is 50.4 Å². The van der Waals surface area contributed by atoms with Crippen molar-refractivity contribution < 1.29 is 9.53 Å². The maximum Gasteiger partial charge on any atom is 0.223 e. The molecule has 4 nitrogen and oxygen atoms in total. The van der Waals surface area contributed by atoms with E-state index in [1.807, 2.05) is 18.2 Å². The summed E-state index contributed by atoms with van der Waals surface area (Å²) in [4.78, 5) is 11.9. The fourth-order valence-corrected chi connectivity index (χ4v) is 2.53. The lowest BCUT2D eigenvalue weighted by atomic mass is 9.97. The Labute approximate surface area is 127 Å². The summed E-state index contributed by atoms with van der Waals surface area (Å²) in [5, 5.41) is 6.32. The second-order valence-electron chi connectivity index (χ2n) is 5.56. The van der Waals surface area contributed by atoms with Gasteiger partial charge in [-0.1, -0.05) is 30.3 Å². The number of rotatable bonds is 8. The van der Waals surface area contributed by atoms with E-state index in [-0.39, 0.29) is 11.8 Å². The summed E-state index contributed by atoms with van der Waals surface area (Å²) in [6.45, 7) is 4.11. The molecule has 0 atom stereocenters. The predicted molar refractivity (Wildman–Crippen MR) is 83.9 cm³/mol. The molecular formula is C17H26N2O2. The zero-order valence-corrected chi connectivity index (χ0v) is 12.6. The summed E-state index contributed by atoms with van der Waals surface area (Å²) in [5.41, 5.74) is 1.21. The normalized spacial score (nSPS) is 15.8. The van der Waals surface area contributed by atoms with E-state index < -0.39 is 0 Å². The molecule has 0 aliphatic carbocycles. The van der Waals surface area contributed by atoms with Crippen LogP contribution >= 0.6 is 0 Å². The number of hydrogen-bond acceptors (Lipinski definition) is 3. The number of ether oxygens (including phenoxy) is 1. The lowest BCUT2D eigenvalue weighted by Crippen LogP contribution is -2.38. The standard InChI is InChI=1S/C17H26N2O2/c20-17(16-8-11-18-12-9-16)19-10-4-5-13-21-14-15-6-2-1-3-7-15/h1-3,6-7,16,18H,4-5,8-14H2,(H,19,20). The Hall–Kier alpha value is -1.39. The van der Waals surface area contributed by atoms with Gasteiger partial charge >= 0.3 is 0 Å². The molecule has 0 spiro atoms. The zero-order valence-electron chi connectivity index (χ0n) is 12.6. The van der Waals surface area contributed by atoms with Crippen molar-refractivity contribution in [1.82, 2.24) is 10.6 Å². The molecular weight excluding hydrogens is 264 g/mol. The van der Waals surface area contributed by atoms with Gasteiger partial charge in [0, 0.05) is 19.1 Å².